The topological polar surface area (TPSA) is 108 Å². The van der Waals surface area contributed by atoms with Crippen molar-refractivity contribution in [2.45, 2.75) is 37.8 Å². The summed E-state index contributed by atoms with van der Waals surface area (Å²) in [4.78, 5) is 22.3. The van der Waals surface area contributed by atoms with Gasteiger partial charge in [0.15, 0.2) is 0 Å². The standard InChI is InChI=1S/C27H36FN7O2/c1-32(2)18-6-10-34(11-7-18)24-5-4-17(16-31-24)20-14-21(23(29)15-22(20)28)25-26(30)33(3)27(36)35(25)19-8-12-37-13-9-19/h4-5,14-16,18-19H,6-13,29-30H2,1-3H3. The Morgan fingerprint density at radius 3 is 2.38 bits per heavy atom. The summed E-state index contributed by atoms with van der Waals surface area (Å²) in [6.45, 7) is 3.01. The van der Waals surface area contributed by atoms with Crippen LogP contribution in [0.25, 0.3) is 22.4 Å². The van der Waals surface area contributed by atoms with Crippen molar-refractivity contribution in [3.8, 4) is 22.4 Å². The van der Waals surface area contributed by atoms with Crippen LogP contribution in [-0.4, -0.2) is 65.5 Å². The first kappa shape index (κ1) is 25.3. The molecule has 2 saturated heterocycles. The lowest BCUT2D eigenvalue weighted by atomic mass is 9.99. The van der Waals surface area contributed by atoms with Crippen LogP contribution >= 0.6 is 0 Å². The highest BCUT2D eigenvalue weighted by molar-refractivity contribution is 5.85. The van der Waals surface area contributed by atoms with Crippen molar-refractivity contribution in [3.63, 3.8) is 0 Å². The molecule has 9 nitrogen and oxygen atoms in total. The Balaban J connectivity index is 1.49. The summed E-state index contributed by atoms with van der Waals surface area (Å²) in [6, 6.07) is 7.33. The molecule has 1 aromatic carbocycles. The average molecular weight is 510 g/mol. The SMILES string of the molecule is CN(C)C1CCN(c2ccc(-c3cc(-c4c(N)n(C)c(=O)n4C4CCOCC4)c(N)cc3F)cn2)CC1. The van der Waals surface area contributed by atoms with Gasteiger partial charge in [-0.05, 0) is 64.0 Å². The van der Waals surface area contributed by atoms with Crippen molar-refractivity contribution in [1.82, 2.24) is 19.0 Å². The first-order valence-electron chi connectivity index (χ1n) is 12.9. The van der Waals surface area contributed by atoms with Crippen LogP contribution < -0.4 is 22.1 Å². The quantitative estimate of drug-likeness (QED) is 0.509. The van der Waals surface area contributed by atoms with E-state index in [1.54, 1.807) is 23.9 Å². The largest absolute Gasteiger partial charge is 0.398 e. The predicted molar refractivity (Wildman–Crippen MR) is 145 cm³/mol. The summed E-state index contributed by atoms with van der Waals surface area (Å²) in [5.41, 5.74) is 14.8. The van der Waals surface area contributed by atoms with Crippen LogP contribution in [-0.2, 0) is 11.8 Å². The Labute approximate surface area is 216 Å². The molecule has 3 aromatic rings. The molecule has 198 valence electrons. The second-order valence-corrected chi connectivity index (χ2v) is 10.3. The fourth-order valence-corrected chi connectivity index (χ4v) is 5.55. The van der Waals surface area contributed by atoms with E-state index in [-0.39, 0.29) is 17.4 Å². The van der Waals surface area contributed by atoms with Gasteiger partial charge in [-0.2, -0.15) is 0 Å². The Morgan fingerprint density at radius 1 is 1.05 bits per heavy atom. The Hall–Kier alpha value is -3.37. The molecule has 2 aliphatic rings. The first-order chi connectivity index (χ1) is 17.8. The van der Waals surface area contributed by atoms with Gasteiger partial charge in [0, 0.05) is 74.0 Å². The van der Waals surface area contributed by atoms with Crippen molar-refractivity contribution >= 4 is 17.3 Å². The van der Waals surface area contributed by atoms with Crippen molar-refractivity contribution in [2.75, 3.05) is 56.8 Å². The number of nitrogens with two attached hydrogens (primary N) is 2. The smallest absolute Gasteiger partial charge is 0.330 e. The minimum absolute atomic E-state index is 0.0646. The highest BCUT2D eigenvalue weighted by atomic mass is 19.1. The van der Waals surface area contributed by atoms with Crippen LogP contribution in [0.3, 0.4) is 0 Å². The summed E-state index contributed by atoms with van der Waals surface area (Å²) < 4.78 is 23.8. The van der Waals surface area contributed by atoms with Gasteiger partial charge in [0.05, 0.1) is 5.69 Å². The molecule has 0 bridgehead atoms. The molecule has 0 amide bonds. The number of anilines is 3. The van der Waals surface area contributed by atoms with Gasteiger partial charge in [0.25, 0.3) is 0 Å². The second kappa shape index (κ2) is 10.2. The van der Waals surface area contributed by atoms with Gasteiger partial charge in [0.1, 0.15) is 17.5 Å². The van der Waals surface area contributed by atoms with E-state index in [0.29, 0.717) is 60.3 Å². The molecule has 0 aliphatic carbocycles. The van der Waals surface area contributed by atoms with E-state index in [1.807, 2.05) is 12.1 Å². The number of halogens is 1. The molecule has 10 heteroatoms. The Bertz CT molecular complexity index is 1320. The lowest BCUT2D eigenvalue weighted by Gasteiger charge is -2.35. The molecular weight excluding hydrogens is 473 g/mol. The van der Waals surface area contributed by atoms with Crippen LogP contribution in [0.1, 0.15) is 31.7 Å². The Morgan fingerprint density at radius 2 is 1.76 bits per heavy atom. The third-order valence-corrected chi connectivity index (χ3v) is 7.87. The number of hydrogen-bond donors (Lipinski definition) is 2. The molecule has 0 atom stereocenters. The maximum absolute atomic E-state index is 15.2. The third-order valence-electron chi connectivity index (χ3n) is 7.87. The average Bonchev–Trinajstić information content (AvgIpc) is 3.13. The number of ether oxygens (including phenoxy) is 1. The van der Waals surface area contributed by atoms with Crippen LogP contribution in [0.4, 0.5) is 21.7 Å². The van der Waals surface area contributed by atoms with E-state index in [4.69, 9.17) is 16.2 Å². The molecule has 2 aliphatic heterocycles. The molecule has 5 rings (SSSR count). The molecule has 0 saturated carbocycles. The van der Waals surface area contributed by atoms with Gasteiger partial charge in [-0.1, -0.05) is 0 Å². The predicted octanol–water partition coefficient (Wildman–Crippen LogP) is 3.10. The maximum Gasteiger partial charge on any atom is 0.330 e. The molecule has 0 unspecified atom stereocenters. The van der Waals surface area contributed by atoms with Gasteiger partial charge in [-0.3, -0.25) is 9.13 Å². The summed E-state index contributed by atoms with van der Waals surface area (Å²) in [6.07, 6.45) is 5.26. The van der Waals surface area contributed by atoms with Crippen LogP contribution in [0.15, 0.2) is 35.3 Å². The molecule has 4 N–H and O–H groups in total. The zero-order valence-corrected chi connectivity index (χ0v) is 21.8. The van der Waals surface area contributed by atoms with Crippen LogP contribution in [0.5, 0.6) is 0 Å². The zero-order valence-electron chi connectivity index (χ0n) is 21.8. The van der Waals surface area contributed by atoms with E-state index in [1.165, 1.54) is 10.6 Å². The second-order valence-electron chi connectivity index (χ2n) is 10.3. The monoisotopic (exact) mass is 509 g/mol. The lowest BCUT2D eigenvalue weighted by molar-refractivity contribution is 0.0690. The van der Waals surface area contributed by atoms with Crippen molar-refractivity contribution in [3.05, 3.63) is 46.8 Å². The number of nitrogen functional groups attached to an aromatic ring is 2. The number of benzene rings is 1. The van der Waals surface area contributed by atoms with Gasteiger partial charge in [-0.15, -0.1) is 0 Å². The number of hydrogen-bond acceptors (Lipinski definition) is 7. The molecule has 2 fully saturated rings. The van der Waals surface area contributed by atoms with Crippen LogP contribution in [0, 0.1) is 5.82 Å². The third kappa shape index (κ3) is 4.71. The summed E-state index contributed by atoms with van der Waals surface area (Å²) in [7, 11) is 5.88. The highest BCUT2D eigenvalue weighted by Gasteiger charge is 2.27. The fraction of sp³-hybridized carbons (Fsp3) is 0.481. The normalized spacial score (nSPS) is 17.6. The zero-order chi connectivity index (χ0) is 26.3. The molecule has 2 aromatic heterocycles. The number of piperidine rings is 1. The van der Waals surface area contributed by atoms with E-state index in [0.717, 1.165) is 31.7 Å². The lowest BCUT2D eigenvalue weighted by Crippen LogP contribution is -2.42. The molecule has 0 radical (unpaired) electrons. The number of rotatable bonds is 5. The van der Waals surface area contributed by atoms with Crippen LogP contribution in [0.2, 0.25) is 0 Å². The number of aromatic nitrogens is 3. The molecule has 0 spiro atoms. The first-order valence-corrected chi connectivity index (χ1v) is 12.9. The number of imidazole rings is 1. The van der Waals surface area contributed by atoms with Crippen molar-refractivity contribution < 1.29 is 9.13 Å². The molecular formula is C27H36FN7O2. The van der Waals surface area contributed by atoms with Crippen molar-refractivity contribution in [2.24, 2.45) is 7.05 Å². The maximum atomic E-state index is 15.2. The number of pyridine rings is 1. The van der Waals surface area contributed by atoms with E-state index in [9.17, 15) is 4.79 Å². The summed E-state index contributed by atoms with van der Waals surface area (Å²) in [5, 5.41) is 0. The van der Waals surface area contributed by atoms with E-state index in [2.05, 4.69) is 28.9 Å². The van der Waals surface area contributed by atoms with E-state index < -0.39 is 5.82 Å². The van der Waals surface area contributed by atoms with Gasteiger partial charge in [0.2, 0.25) is 0 Å². The molecule has 4 heterocycles. The van der Waals surface area contributed by atoms with Gasteiger partial charge in [-0.25, -0.2) is 14.2 Å². The van der Waals surface area contributed by atoms with Gasteiger partial charge >= 0.3 is 5.69 Å². The highest BCUT2D eigenvalue weighted by Crippen LogP contribution is 2.38. The fourth-order valence-electron chi connectivity index (χ4n) is 5.55. The van der Waals surface area contributed by atoms with E-state index >= 15 is 4.39 Å². The minimum Gasteiger partial charge on any atom is -0.398 e. The summed E-state index contributed by atoms with van der Waals surface area (Å²) >= 11 is 0. The van der Waals surface area contributed by atoms with Gasteiger partial charge < -0.3 is 26.0 Å². The van der Waals surface area contributed by atoms with Crippen molar-refractivity contribution in [1.29, 1.82) is 0 Å². The Kier molecular flexibility index (Phi) is 6.96. The number of nitrogens with zero attached hydrogens (tertiary/aromatic N) is 5. The minimum atomic E-state index is -0.447. The summed E-state index contributed by atoms with van der Waals surface area (Å²) in [5.74, 6) is 0.741. The molecule has 37 heavy (non-hydrogen) atoms.